The highest BCUT2D eigenvalue weighted by molar-refractivity contribution is 4.90. The summed E-state index contributed by atoms with van der Waals surface area (Å²) >= 11 is 0. The molecule has 0 radical (unpaired) electrons. The molecule has 0 spiro atoms. The molecule has 0 aromatic carbocycles. The highest BCUT2D eigenvalue weighted by Gasteiger charge is 2.30. The highest BCUT2D eigenvalue weighted by atomic mass is 15.1. The number of rotatable bonds is 4. The minimum Gasteiger partial charge on any atom is -0.314 e. The van der Waals surface area contributed by atoms with Gasteiger partial charge in [-0.3, -0.25) is 0 Å². The van der Waals surface area contributed by atoms with Crippen molar-refractivity contribution in [3.8, 4) is 0 Å². The fourth-order valence-electron chi connectivity index (χ4n) is 3.72. The molecular formula is C15H30N2. The topological polar surface area (TPSA) is 15.3 Å². The standard InChI is InChI=1S/C15H30N2/c1-14-7-6-11-17(13-14)12-10-15(16-2)8-4-3-5-9-15/h14,16H,3-13H2,1-2H3. The molecule has 0 aromatic heterocycles. The van der Waals surface area contributed by atoms with Gasteiger partial charge < -0.3 is 10.2 Å². The fraction of sp³-hybridized carbons (Fsp3) is 1.00. The van der Waals surface area contributed by atoms with Gasteiger partial charge in [-0.15, -0.1) is 0 Å². The lowest BCUT2D eigenvalue weighted by Gasteiger charge is -2.40. The maximum atomic E-state index is 3.64. The number of hydrogen-bond donors (Lipinski definition) is 1. The van der Waals surface area contributed by atoms with Gasteiger partial charge in [0.2, 0.25) is 0 Å². The average molecular weight is 238 g/mol. The van der Waals surface area contributed by atoms with Crippen LogP contribution in [-0.2, 0) is 0 Å². The normalized spacial score (nSPS) is 30.4. The Kier molecular flexibility index (Phi) is 4.87. The van der Waals surface area contributed by atoms with Gasteiger partial charge in [0.1, 0.15) is 0 Å². The van der Waals surface area contributed by atoms with Crippen LogP contribution in [0.25, 0.3) is 0 Å². The van der Waals surface area contributed by atoms with Crippen LogP contribution >= 0.6 is 0 Å². The Morgan fingerprint density at radius 3 is 2.59 bits per heavy atom. The van der Waals surface area contributed by atoms with Crippen LogP contribution in [0.2, 0.25) is 0 Å². The van der Waals surface area contributed by atoms with Gasteiger partial charge in [0.15, 0.2) is 0 Å². The number of piperidine rings is 1. The molecule has 17 heavy (non-hydrogen) atoms. The van der Waals surface area contributed by atoms with E-state index < -0.39 is 0 Å². The van der Waals surface area contributed by atoms with Gasteiger partial charge in [0, 0.05) is 12.1 Å². The third-order valence-electron chi connectivity index (χ3n) is 4.99. The molecule has 1 aliphatic heterocycles. The van der Waals surface area contributed by atoms with Crippen LogP contribution in [0.4, 0.5) is 0 Å². The molecule has 2 rings (SSSR count). The molecule has 100 valence electrons. The van der Waals surface area contributed by atoms with Crippen molar-refractivity contribution in [3.63, 3.8) is 0 Å². The fourth-order valence-corrected chi connectivity index (χ4v) is 3.72. The summed E-state index contributed by atoms with van der Waals surface area (Å²) in [6.45, 7) is 6.38. The van der Waals surface area contributed by atoms with E-state index in [1.165, 1.54) is 71.0 Å². The molecule has 1 unspecified atom stereocenters. The predicted molar refractivity (Wildman–Crippen MR) is 74.3 cm³/mol. The van der Waals surface area contributed by atoms with Crippen LogP contribution in [-0.4, -0.2) is 37.1 Å². The second-order valence-electron chi connectivity index (χ2n) is 6.39. The molecule has 1 heterocycles. The zero-order chi connectivity index (χ0) is 12.1. The van der Waals surface area contributed by atoms with Crippen molar-refractivity contribution in [2.75, 3.05) is 26.7 Å². The van der Waals surface area contributed by atoms with E-state index in [4.69, 9.17) is 0 Å². The van der Waals surface area contributed by atoms with E-state index in [0.717, 1.165) is 5.92 Å². The third kappa shape index (κ3) is 3.69. The summed E-state index contributed by atoms with van der Waals surface area (Å²) < 4.78 is 0. The minimum absolute atomic E-state index is 0.471. The summed E-state index contributed by atoms with van der Waals surface area (Å²) in [6.07, 6.45) is 11.3. The Bertz CT molecular complexity index is 221. The lowest BCUT2D eigenvalue weighted by Crippen LogP contribution is -2.48. The summed E-state index contributed by atoms with van der Waals surface area (Å²) in [5.41, 5.74) is 0.471. The second kappa shape index (κ2) is 6.19. The van der Waals surface area contributed by atoms with E-state index in [2.05, 4.69) is 24.2 Å². The number of hydrogen-bond acceptors (Lipinski definition) is 2. The minimum atomic E-state index is 0.471. The van der Waals surface area contributed by atoms with E-state index in [1.54, 1.807) is 0 Å². The van der Waals surface area contributed by atoms with Crippen molar-refractivity contribution >= 4 is 0 Å². The van der Waals surface area contributed by atoms with Gasteiger partial charge in [-0.25, -0.2) is 0 Å². The Morgan fingerprint density at radius 2 is 1.94 bits per heavy atom. The Morgan fingerprint density at radius 1 is 1.18 bits per heavy atom. The first-order valence-corrected chi connectivity index (χ1v) is 7.65. The number of nitrogens with zero attached hydrogens (tertiary/aromatic N) is 1. The van der Waals surface area contributed by atoms with E-state index >= 15 is 0 Å². The Hall–Kier alpha value is -0.0800. The zero-order valence-electron chi connectivity index (χ0n) is 11.8. The van der Waals surface area contributed by atoms with E-state index in [9.17, 15) is 0 Å². The van der Waals surface area contributed by atoms with Crippen molar-refractivity contribution in [2.45, 2.75) is 63.8 Å². The lowest BCUT2D eigenvalue weighted by atomic mass is 9.79. The molecule has 1 aliphatic carbocycles. The van der Waals surface area contributed by atoms with Gasteiger partial charge in [-0.05, 0) is 58.2 Å². The maximum Gasteiger partial charge on any atom is 0.0190 e. The molecule has 2 nitrogen and oxygen atoms in total. The van der Waals surface area contributed by atoms with Gasteiger partial charge in [-0.1, -0.05) is 26.2 Å². The molecule has 2 fully saturated rings. The number of nitrogens with one attached hydrogen (secondary N) is 1. The molecule has 2 aliphatic rings. The summed E-state index contributed by atoms with van der Waals surface area (Å²) in [7, 11) is 2.17. The quantitative estimate of drug-likeness (QED) is 0.810. The van der Waals surface area contributed by atoms with Crippen molar-refractivity contribution in [2.24, 2.45) is 5.92 Å². The van der Waals surface area contributed by atoms with Crippen LogP contribution in [0.5, 0.6) is 0 Å². The van der Waals surface area contributed by atoms with Crippen LogP contribution in [0.3, 0.4) is 0 Å². The first kappa shape index (κ1) is 13.4. The van der Waals surface area contributed by atoms with E-state index in [0.29, 0.717) is 5.54 Å². The molecule has 1 N–H and O–H groups in total. The van der Waals surface area contributed by atoms with Gasteiger partial charge in [-0.2, -0.15) is 0 Å². The van der Waals surface area contributed by atoms with Crippen LogP contribution in [0.15, 0.2) is 0 Å². The van der Waals surface area contributed by atoms with E-state index in [-0.39, 0.29) is 0 Å². The van der Waals surface area contributed by atoms with Crippen molar-refractivity contribution < 1.29 is 0 Å². The van der Waals surface area contributed by atoms with Gasteiger partial charge in [0.25, 0.3) is 0 Å². The van der Waals surface area contributed by atoms with E-state index in [1.807, 2.05) is 0 Å². The highest BCUT2D eigenvalue weighted by Crippen LogP contribution is 2.31. The Balaban J connectivity index is 1.78. The molecule has 1 saturated carbocycles. The second-order valence-corrected chi connectivity index (χ2v) is 6.39. The smallest absolute Gasteiger partial charge is 0.0190 e. The molecule has 2 heteroatoms. The third-order valence-corrected chi connectivity index (χ3v) is 4.99. The monoisotopic (exact) mass is 238 g/mol. The lowest BCUT2D eigenvalue weighted by molar-refractivity contribution is 0.144. The average Bonchev–Trinajstić information content (AvgIpc) is 2.38. The number of likely N-dealkylation sites (tertiary alicyclic amines) is 1. The van der Waals surface area contributed by atoms with Crippen molar-refractivity contribution in [3.05, 3.63) is 0 Å². The molecule has 0 amide bonds. The predicted octanol–water partition coefficient (Wildman–Crippen LogP) is 3.03. The zero-order valence-corrected chi connectivity index (χ0v) is 11.8. The molecule has 1 atom stereocenters. The molecular weight excluding hydrogens is 208 g/mol. The summed E-state index contributed by atoms with van der Waals surface area (Å²) in [4.78, 5) is 2.70. The van der Waals surface area contributed by atoms with Crippen molar-refractivity contribution in [1.82, 2.24) is 10.2 Å². The molecule has 1 saturated heterocycles. The first-order valence-electron chi connectivity index (χ1n) is 7.65. The Labute approximate surface area is 107 Å². The first-order chi connectivity index (χ1) is 8.24. The SMILES string of the molecule is CNC1(CCN2CCCC(C)C2)CCCCC1. The van der Waals surface area contributed by atoms with Crippen LogP contribution < -0.4 is 5.32 Å². The molecule has 0 bridgehead atoms. The summed E-state index contributed by atoms with van der Waals surface area (Å²) in [5.74, 6) is 0.917. The van der Waals surface area contributed by atoms with Crippen molar-refractivity contribution in [1.29, 1.82) is 0 Å². The molecule has 0 aromatic rings. The van der Waals surface area contributed by atoms with Gasteiger partial charge in [0.05, 0.1) is 0 Å². The van der Waals surface area contributed by atoms with Crippen LogP contribution in [0.1, 0.15) is 58.3 Å². The van der Waals surface area contributed by atoms with Crippen LogP contribution in [0, 0.1) is 5.92 Å². The largest absolute Gasteiger partial charge is 0.314 e. The summed E-state index contributed by atoms with van der Waals surface area (Å²) in [6, 6.07) is 0. The van der Waals surface area contributed by atoms with Gasteiger partial charge >= 0.3 is 0 Å². The summed E-state index contributed by atoms with van der Waals surface area (Å²) in [5, 5.41) is 3.64. The maximum absolute atomic E-state index is 3.64.